The highest BCUT2D eigenvalue weighted by Crippen LogP contribution is 2.16. The summed E-state index contributed by atoms with van der Waals surface area (Å²) in [5, 5.41) is 1.28. The summed E-state index contributed by atoms with van der Waals surface area (Å²) in [6.07, 6.45) is 2.04. The number of H-pyrrole nitrogens is 1. The van der Waals surface area contributed by atoms with Crippen LogP contribution in [0.4, 0.5) is 0 Å². The van der Waals surface area contributed by atoms with Crippen LogP contribution in [0.25, 0.3) is 10.9 Å². The van der Waals surface area contributed by atoms with E-state index in [9.17, 15) is 0 Å². The maximum atomic E-state index is 3.23. The number of hydrogen-bond acceptors (Lipinski definition) is 2. The van der Waals surface area contributed by atoms with Gasteiger partial charge in [0.15, 0.2) is 0 Å². The summed E-state index contributed by atoms with van der Waals surface area (Å²) >= 11 is 0. The van der Waals surface area contributed by atoms with Crippen molar-refractivity contribution >= 4 is 10.9 Å². The molecule has 0 bridgehead atoms. The minimum absolute atomic E-state index is 0.834. The Morgan fingerprint density at radius 2 is 2.15 bits per heavy atom. The van der Waals surface area contributed by atoms with Crippen LogP contribution in [-0.2, 0) is 6.54 Å². The van der Waals surface area contributed by atoms with Gasteiger partial charge in [0.1, 0.15) is 0 Å². The van der Waals surface area contributed by atoms with E-state index < -0.39 is 0 Å². The van der Waals surface area contributed by atoms with Gasteiger partial charge in [-0.2, -0.15) is 0 Å². The summed E-state index contributed by atoms with van der Waals surface area (Å²) in [7, 11) is 1.87. The molecule has 3 nitrogen and oxygen atoms in total. The molecule has 0 spiro atoms. The van der Waals surface area contributed by atoms with Crippen molar-refractivity contribution in [1.29, 1.82) is 0 Å². The van der Waals surface area contributed by atoms with Crippen molar-refractivity contribution < 1.29 is 0 Å². The Bertz CT molecular complexity index is 392. The maximum absolute atomic E-state index is 3.23. The quantitative estimate of drug-likeness (QED) is 0.617. The van der Waals surface area contributed by atoms with E-state index in [0.717, 1.165) is 6.54 Å². The summed E-state index contributed by atoms with van der Waals surface area (Å²) in [6.45, 7) is 0.834. The third-order valence-electron chi connectivity index (χ3n) is 2.13. The van der Waals surface area contributed by atoms with Gasteiger partial charge >= 0.3 is 0 Å². The van der Waals surface area contributed by atoms with Crippen molar-refractivity contribution in [1.82, 2.24) is 15.8 Å². The van der Waals surface area contributed by atoms with E-state index in [4.69, 9.17) is 0 Å². The third kappa shape index (κ3) is 1.56. The van der Waals surface area contributed by atoms with Gasteiger partial charge in [0, 0.05) is 23.6 Å². The van der Waals surface area contributed by atoms with E-state index in [1.54, 1.807) is 0 Å². The summed E-state index contributed by atoms with van der Waals surface area (Å²) in [6, 6.07) is 8.30. The van der Waals surface area contributed by atoms with Crippen LogP contribution in [0.1, 0.15) is 5.56 Å². The van der Waals surface area contributed by atoms with Crippen LogP contribution in [-0.4, -0.2) is 12.0 Å². The van der Waals surface area contributed by atoms with Crippen LogP contribution in [0.3, 0.4) is 0 Å². The Morgan fingerprint density at radius 3 is 3.00 bits per heavy atom. The summed E-state index contributed by atoms with van der Waals surface area (Å²) in [4.78, 5) is 3.23. The lowest BCUT2D eigenvalue weighted by Gasteiger charge is -1.99. The fourth-order valence-electron chi connectivity index (χ4n) is 1.46. The smallest absolute Gasteiger partial charge is 0.0457 e. The fraction of sp³-hybridized carbons (Fsp3) is 0.200. The van der Waals surface area contributed by atoms with Crippen LogP contribution in [0.2, 0.25) is 0 Å². The first-order chi connectivity index (χ1) is 6.42. The molecule has 0 atom stereocenters. The lowest BCUT2D eigenvalue weighted by atomic mass is 10.2. The summed E-state index contributed by atoms with van der Waals surface area (Å²) in [5.41, 5.74) is 8.45. The number of rotatable bonds is 3. The predicted octanol–water partition coefficient (Wildman–Crippen LogP) is 1.39. The molecule has 1 aromatic carbocycles. The molecule has 0 amide bonds. The van der Waals surface area contributed by atoms with Gasteiger partial charge in [-0.05, 0) is 18.7 Å². The first kappa shape index (κ1) is 8.29. The zero-order chi connectivity index (χ0) is 9.10. The molecular formula is C10H13N3. The Hall–Kier alpha value is -1.32. The zero-order valence-corrected chi connectivity index (χ0v) is 7.59. The van der Waals surface area contributed by atoms with Crippen molar-refractivity contribution in [2.75, 3.05) is 7.05 Å². The molecule has 1 aromatic heterocycles. The van der Waals surface area contributed by atoms with Gasteiger partial charge in [-0.1, -0.05) is 18.2 Å². The average Bonchev–Trinajstić information content (AvgIpc) is 2.58. The molecule has 0 radical (unpaired) electrons. The first-order valence-electron chi connectivity index (χ1n) is 4.36. The molecular weight excluding hydrogens is 162 g/mol. The highest BCUT2D eigenvalue weighted by molar-refractivity contribution is 5.82. The second kappa shape index (κ2) is 3.60. The van der Waals surface area contributed by atoms with Gasteiger partial charge in [-0.15, -0.1) is 0 Å². The molecule has 0 unspecified atom stereocenters. The Morgan fingerprint density at radius 1 is 1.31 bits per heavy atom. The zero-order valence-electron chi connectivity index (χ0n) is 7.59. The molecule has 0 fully saturated rings. The Balaban J connectivity index is 2.35. The first-order valence-corrected chi connectivity index (χ1v) is 4.36. The molecule has 3 heteroatoms. The molecule has 0 aliphatic carbocycles. The number of benzene rings is 1. The number of aromatic nitrogens is 1. The van der Waals surface area contributed by atoms with Crippen LogP contribution >= 0.6 is 0 Å². The number of aromatic amines is 1. The highest BCUT2D eigenvalue weighted by atomic mass is 15.3. The second-order valence-electron chi connectivity index (χ2n) is 2.96. The molecule has 13 heavy (non-hydrogen) atoms. The SMILES string of the molecule is CNNCc1c[nH]c2ccccc12. The van der Waals surface area contributed by atoms with Crippen molar-refractivity contribution in [3.8, 4) is 0 Å². The van der Waals surface area contributed by atoms with E-state index in [2.05, 4.69) is 34.0 Å². The van der Waals surface area contributed by atoms with Crippen LogP contribution in [0.15, 0.2) is 30.5 Å². The van der Waals surface area contributed by atoms with Crippen LogP contribution in [0.5, 0.6) is 0 Å². The van der Waals surface area contributed by atoms with Crippen LogP contribution in [0, 0.1) is 0 Å². The molecule has 0 aliphatic rings. The van der Waals surface area contributed by atoms with Gasteiger partial charge in [0.05, 0.1) is 0 Å². The van der Waals surface area contributed by atoms with E-state index in [-0.39, 0.29) is 0 Å². The average molecular weight is 175 g/mol. The number of para-hydroxylation sites is 1. The largest absolute Gasteiger partial charge is 0.361 e. The Kier molecular flexibility index (Phi) is 2.29. The number of nitrogens with one attached hydrogen (secondary N) is 3. The fourth-order valence-corrected chi connectivity index (χ4v) is 1.46. The van der Waals surface area contributed by atoms with Gasteiger partial charge in [0.25, 0.3) is 0 Å². The standard InChI is InChI=1S/C10H13N3/c1-11-13-7-8-6-12-10-5-3-2-4-9(8)10/h2-6,11-13H,7H2,1H3. The topological polar surface area (TPSA) is 39.8 Å². The molecule has 2 aromatic rings. The molecule has 0 saturated carbocycles. The lowest BCUT2D eigenvalue weighted by Crippen LogP contribution is -2.26. The number of hydrogen-bond donors (Lipinski definition) is 3. The Labute approximate surface area is 77.1 Å². The van der Waals surface area contributed by atoms with Gasteiger partial charge in [0.2, 0.25) is 0 Å². The van der Waals surface area contributed by atoms with Gasteiger partial charge < -0.3 is 4.98 Å². The minimum Gasteiger partial charge on any atom is -0.361 e. The molecule has 68 valence electrons. The molecule has 1 heterocycles. The molecule has 0 saturated heterocycles. The van der Waals surface area contributed by atoms with E-state index >= 15 is 0 Å². The normalized spacial score (nSPS) is 10.8. The number of hydrazine groups is 1. The lowest BCUT2D eigenvalue weighted by molar-refractivity contribution is 0.598. The van der Waals surface area contributed by atoms with Gasteiger partial charge in [-0.3, -0.25) is 10.9 Å². The van der Waals surface area contributed by atoms with Gasteiger partial charge in [-0.25, -0.2) is 0 Å². The molecule has 0 aliphatic heterocycles. The van der Waals surface area contributed by atoms with E-state index in [1.165, 1.54) is 16.5 Å². The third-order valence-corrected chi connectivity index (χ3v) is 2.13. The van der Waals surface area contributed by atoms with Crippen molar-refractivity contribution in [3.63, 3.8) is 0 Å². The van der Waals surface area contributed by atoms with E-state index in [0.29, 0.717) is 0 Å². The summed E-state index contributed by atoms with van der Waals surface area (Å²) in [5.74, 6) is 0. The molecule has 3 N–H and O–H groups in total. The highest BCUT2D eigenvalue weighted by Gasteiger charge is 2.00. The predicted molar refractivity (Wildman–Crippen MR) is 54.2 cm³/mol. The van der Waals surface area contributed by atoms with E-state index in [1.807, 2.05) is 19.3 Å². The van der Waals surface area contributed by atoms with Crippen molar-refractivity contribution in [2.24, 2.45) is 0 Å². The van der Waals surface area contributed by atoms with Crippen molar-refractivity contribution in [3.05, 3.63) is 36.0 Å². The van der Waals surface area contributed by atoms with Crippen molar-refractivity contribution in [2.45, 2.75) is 6.54 Å². The van der Waals surface area contributed by atoms with Crippen LogP contribution < -0.4 is 10.9 Å². The number of fused-ring (bicyclic) bond motifs is 1. The minimum atomic E-state index is 0.834. The summed E-state index contributed by atoms with van der Waals surface area (Å²) < 4.78 is 0. The second-order valence-corrected chi connectivity index (χ2v) is 2.96. The maximum Gasteiger partial charge on any atom is 0.0457 e. The molecule has 2 rings (SSSR count). The monoisotopic (exact) mass is 175 g/mol.